The maximum Gasteiger partial charge on any atom is 2.00 e. The van der Waals surface area contributed by atoms with Gasteiger partial charge in [-0.3, -0.25) is 0 Å². The smallest absolute Gasteiger partial charge is 0.499 e. The summed E-state index contributed by atoms with van der Waals surface area (Å²) in [7, 11) is 0. The Labute approximate surface area is 305 Å². The molecule has 9 rings (SSSR count). The first-order chi connectivity index (χ1) is 23.5. The fourth-order valence-electron chi connectivity index (χ4n) is 7.03. The Morgan fingerprint density at radius 3 is 2.22 bits per heavy atom. The third-order valence-corrected chi connectivity index (χ3v) is 9.65. The van der Waals surface area contributed by atoms with Gasteiger partial charge in [0.1, 0.15) is 11.4 Å². The Balaban J connectivity index is 0.00000361. The van der Waals surface area contributed by atoms with Crippen LogP contribution in [-0.4, -0.2) is 14.5 Å². The summed E-state index contributed by atoms with van der Waals surface area (Å²) in [6.07, 6.45) is 3.78. The second-order valence-electron chi connectivity index (χ2n) is 15.0. The van der Waals surface area contributed by atoms with E-state index in [4.69, 9.17) is 19.1 Å². The molecule has 248 valence electrons. The van der Waals surface area contributed by atoms with E-state index >= 15 is 0 Å². The van der Waals surface area contributed by atoms with E-state index in [9.17, 15) is 0 Å². The predicted octanol–water partition coefficient (Wildman–Crippen LogP) is 11.7. The molecule has 0 fully saturated rings. The Hall–Kier alpha value is -4.99. The summed E-state index contributed by atoms with van der Waals surface area (Å²) in [5.74, 6) is 1.90. The summed E-state index contributed by atoms with van der Waals surface area (Å²) in [5.41, 5.74) is 7.50. The molecule has 0 aliphatic rings. The van der Waals surface area contributed by atoms with Crippen molar-refractivity contribution in [1.82, 2.24) is 14.5 Å². The SMILES string of the molecule is CC(C)(C)c1ccnc(-c2[c-]c(Oc3[c-]c4c(cc3)c3ccccc3n4-c3cc(C(C)(C)C)ccn3)c3oc4cccc5ccc2c3c54)c1.[Pt+2]. The number of rotatable bonds is 4. The average Bonchev–Trinajstić information content (AvgIpc) is 3.64. The van der Waals surface area contributed by atoms with Crippen LogP contribution in [0.1, 0.15) is 52.7 Å². The van der Waals surface area contributed by atoms with E-state index < -0.39 is 0 Å². The van der Waals surface area contributed by atoms with Gasteiger partial charge in [0.25, 0.3) is 0 Å². The van der Waals surface area contributed by atoms with E-state index in [0.717, 1.165) is 66.0 Å². The van der Waals surface area contributed by atoms with Crippen LogP contribution in [0, 0.1) is 12.1 Å². The van der Waals surface area contributed by atoms with Crippen LogP contribution in [0.5, 0.6) is 11.5 Å². The molecule has 4 aromatic heterocycles. The zero-order valence-electron chi connectivity index (χ0n) is 28.8. The van der Waals surface area contributed by atoms with Crippen molar-refractivity contribution in [3.05, 3.63) is 127 Å². The molecule has 6 heteroatoms. The molecule has 0 N–H and O–H groups in total. The second kappa shape index (κ2) is 11.5. The van der Waals surface area contributed by atoms with Crippen LogP contribution in [-0.2, 0) is 31.9 Å². The molecule has 4 heterocycles. The number of furan rings is 1. The molecule has 0 saturated carbocycles. The minimum absolute atomic E-state index is 0. The number of benzene rings is 5. The van der Waals surface area contributed by atoms with Gasteiger partial charge in [0.05, 0.1) is 11.3 Å². The summed E-state index contributed by atoms with van der Waals surface area (Å²) >= 11 is 0. The molecule has 0 aliphatic heterocycles. The van der Waals surface area contributed by atoms with E-state index in [1.54, 1.807) is 0 Å². The number of pyridine rings is 2. The summed E-state index contributed by atoms with van der Waals surface area (Å²) in [6, 6.07) is 38.7. The van der Waals surface area contributed by atoms with Gasteiger partial charge in [-0.25, -0.2) is 4.98 Å². The van der Waals surface area contributed by atoms with Crippen LogP contribution >= 0.6 is 0 Å². The Morgan fingerprint density at radius 1 is 0.680 bits per heavy atom. The van der Waals surface area contributed by atoms with Crippen LogP contribution < -0.4 is 4.74 Å². The third-order valence-electron chi connectivity index (χ3n) is 9.65. The van der Waals surface area contributed by atoms with Crippen molar-refractivity contribution in [1.29, 1.82) is 0 Å². The van der Waals surface area contributed by atoms with E-state index in [0.29, 0.717) is 17.1 Å². The zero-order chi connectivity index (χ0) is 33.7. The van der Waals surface area contributed by atoms with Gasteiger partial charge >= 0.3 is 21.1 Å². The van der Waals surface area contributed by atoms with Crippen LogP contribution in [0.3, 0.4) is 0 Å². The first-order valence-corrected chi connectivity index (χ1v) is 16.7. The van der Waals surface area contributed by atoms with E-state index in [-0.39, 0.29) is 31.9 Å². The topological polar surface area (TPSA) is 53.1 Å². The summed E-state index contributed by atoms with van der Waals surface area (Å²) < 4.78 is 15.5. The van der Waals surface area contributed by atoms with Crippen molar-refractivity contribution in [3.63, 3.8) is 0 Å². The van der Waals surface area contributed by atoms with Crippen LogP contribution in [0.15, 0.2) is 108 Å². The monoisotopic (exact) mass is 832 g/mol. The number of para-hydroxylation sites is 1. The summed E-state index contributed by atoms with van der Waals surface area (Å²) in [6.45, 7) is 13.3. The Bertz CT molecular complexity index is 2720. The predicted molar refractivity (Wildman–Crippen MR) is 199 cm³/mol. The molecule has 0 amide bonds. The Morgan fingerprint density at radius 2 is 1.42 bits per heavy atom. The zero-order valence-corrected chi connectivity index (χ0v) is 31.1. The van der Waals surface area contributed by atoms with Gasteiger partial charge in [-0.1, -0.05) is 107 Å². The van der Waals surface area contributed by atoms with E-state index in [1.807, 2.05) is 30.6 Å². The number of hydrogen-bond donors (Lipinski definition) is 0. The maximum atomic E-state index is 6.78. The van der Waals surface area contributed by atoms with Gasteiger partial charge in [-0.2, -0.15) is 6.07 Å². The maximum absolute atomic E-state index is 6.78. The fourth-order valence-corrected chi connectivity index (χ4v) is 7.03. The standard InChI is InChI=1S/C44H35N3O2.Pt/c1-43(2,3)27-18-20-45-34(22-27)33-25-38(42-41-32(33)16-14-26-10-9-13-37(49-42)40(26)41)48-29-15-17-31-30-11-7-8-12-35(30)47(36(31)24-29)39-23-28(19-21-46-39)44(4,5)6;/h7-23H,1-6H3;/q-2;+2. The first-order valence-electron chi connectivity index (χ1n) is 16.7. The van der Waals surface area contributed by atoms with E-state index in [1.165, 1.54) is 11.1 Å². The molecule has 0 bridgehead atoms. The molecule has 0 radical (unpaired) electrons. The molecule has 0 saturated heterocycles. The third kappa shape index (κ3) is 5.10. The minimum Gasteiger partial charge on any atom is -0.499 e. The summed E-state index contributed by atoms with van der Waals surface area (Å²) in [4.78, 5) is 9.67. The Kier molecular flexibility index (Phi) is 7.43. The van der Waals surface area contributed by atoms with Crippen molar-refractivity contribution < 1.29 is 30.2 Å². The molecule has 0 spiro atoms. The molecular weight excluding hydrogens is 798 g/mol. The molecule has 0 aliphatic carbocycles. The molecule has 0 unspecified atom stereocenters. The van der Waals surface area contributed by atoms with Crippen molar-refractivity contribution in [2.45, 2.75) is 52.4 Å². The number of aromatic nitrogens is 3. The van der Waals surface area contributed by atoms with Gasteiger partial charge < -0.3 is 18.7 Å². The van der Waals surface area contributed by atoms with Crippen LogP contribution in [0.2, 0.25) is 0 Å². The van der Waals surface area contributed by atoms with Gasteiger partial charge in [0, 0.05) is 29.0 Å². The minimum atomic E-state index is -0.0339. The van der Waals surface area contributed by atoms with Gasteiger partial charge in [-0.05, 0) is 74.1 Å². The molecule has 50 heavy (non-hydrogen) atoms. The van der Waals surface area contributed by atoms with E-state index in [2.05, 4.69) is 131 Å². The van der Waals surface area contributed by atoms with Crippen molar-refractivity contribution >= 4 is 54.5 Å². The number of fused-ring (bicyclic) bond motifs is 3. The van der Waals surface area contributed by atoms with Crippen molar-refractivity contribution in [2.24, 2.45) is 0 Å². The van der Waals surface area contributed by atoms with Gasteiger partial charge in [0.2, 0.25) is 0 Å². The fraction of sp³-hybridized carbons (Fsp3) is 0.182. The van der Waals surface area contributed by atoms with Crippen molar-refractivity contribution in [2.75, 3.05) is 0 Å². The largest absolute Gasteiger partial charge is 2.00 e. The second-order valence-corrected chi connectivity index (χ2v) is 15.0. The molecule has 5 nitrogen and oxygen atoms in total. The van der Waals surface area contributed by atoms with Crippen LogP contribution in [0.25, 0.3) is 71.6 Å². The number of ether oxygens (including phenoxy) is 1. The normalized spacial score (nSPS) is 12.4. The molecular formula is C44H35N3O2Pt. The van der Waals surface area contributed by atoms with Crippen molar-refractivity contribution in [3.8, 4) is 28.6 Å². The molecule has 5 aromatic carbocycles. The molecule has 0 atom stereocenters. The quantitative estimate of drug-likeness (QED) is 0.131. The number of hydrogen-bond acceptors (Lipinski definition) is 4. The number of nitrogens with zero attached hydrogens (tertiary/aromatic N) is 3. The first kappa shape index (κ1) is 32.2. The summed E-state index contributed by atoms with van der Waals surface area (Å²) in [5, 5.41) is 6.44. The van der Waals surface area contributed by atoms with Gasteiger partial charge in [-0.15, -0.1) is 23.1 Å². The molecule has 9 aromatic rings. The van der Waals surface area contributed by atoms with Gasteiger partial charge in [0.15, 0.2) is 0 Å². The van der Waals surface area contributed by atoms with Crippen LogP contribution in [0.4, 0.5) is 0 Å². The average molecular weight is 833 g/mol.